The molecule has 0 aromatic carbocycles. The average Bonchev–Trinajstić information content (AvgIpc) is 2.88. The zero-order valence-corrected chi connectivity index (χ0v) is 12.7. The lowest BCUT2D eigenvalue weighted by molar-refractivity contribution is 0.574. The highest BCUT2D eigenvalue weighted by atomic mass is 32.2. The summed E-state index contributed by atoms with van der Waals surface area (Å²) in [6.45, 7) is 1.16. The molecule has 3 N–H and O–H groups in total. The lowest BCUT2D eigenvalue weighted by atomic mass is 10.2. The van der Waals surface area contributed by atoms with E-state index in [1.54, 1.807) is 12.3 Å². The minimum atomic E-state index is -3.38. The number of sulfonamides is 1. The van der Waals surface area contributed by atoms with Crippen LogP contribution in [0.2, 0.25) is 0 Å². The van der Waals surface area contributed by atoms with Crippen LogP contribution in [-0.4, -0.2) is 38.0 Å². The van der Waals surface area contributed by atoms with Gasteiger partial charge in [0, 0.05) is 30.2 Å². The van der Waals surface area contributed by atoms with Crippen molar-refractivity contribution in [2.75, 3.05) is 19.3 Å². The van der Waals surface area contributed by atoms with Crippen molar-refractivity contribution in [2.45, 2.75) is 36.0 Å². The first-order chi connectivity index (χ1) is 9.12. The standard InChI is InChI=1S/C12H21N3O2S2/c1-13-7-10-6-12(9-14-10)19(16,17)15-8-11-4-2-3-5-18-11/h6,9,11,13-15H,2-5,7-8H2,1H3. The first-order valence-corrected chi connectivity index (χ1v) is 9.08. The van der Waals surface area contributed by atoms with Crippen molar-refractivity contribution in [3.05, 3.63) is 18.0 Å². The maximum absolute atomic E-state index is 12.1. The molecule has 1 aliphatic rings. The lowest BCUT2D eigenvalue weighted by Gasteiger charge is -2.21. The molecule has 1 atom stereocenters. The zero-order valence-electron chi connectivity index (χ0n) is 11.1. The number of aromatic nitrogens is 1. The van der Waals surface area contributed by atoms with Crippen LogP contribution in [0.25, 0.3) is 0 Å². The second-order valence-corrected chi connectivity index (χ2v) is 7.91. The van der Waals surface area contributed by atoms with E-state index in [4.69, 9.17) is 0 Å². The van der Waals surface area contributed by atoms with E-state index in [9.17, 15) is 8.42 Å². The normalized spacial score (nSPS) is 20.6. The molecule has 0 bridgehead atoms. The summed E-state index contributed by atoms with van der Waals surface area (Å²) < 4.78 is 27.0. The fourth-order valence-corrected chi connectivity index (χ4v) is 4.56. The molecule has 19 heavy (non-hydrogen) atoms. The van der Waals surface area contributed by atoms with Gasteiger partial charge in [0.25, 0.3) is 0 Å². The number of nitrogens with one attached hydrogen (secondary N) is 3. The van der Waals surface area contributed by atoms with Crippen LogP contribution in [0.5, 0.6) is 0 Å². The molecule has 1 aliphatic heterocycles. The van der Waals surface area contributed by atoms with Crippen LogP contribution in [0.15, 0.2) is 17.2 Å². The summed E-state index contributed by atoms with van der Waals surface area (Å²) in [7, 11) is -1.55. The van der Waals surface area contributed by atoms with E-state index < -0.39 is 10.0 Å². The Kier molecular flexibility index (Phi) is 5.32. The van der Waals surface area contributed by atoms with Gasteiger partial charge in [-0.25, -0.2) is 13.1 Å². The van der Waals surface area contributed by atoms with Gasteiger partial charge in [-0.15, -0.1) is 0 Å². The molecule has 1 unspecified atom stereocenters. The molecule has 108 valence electrons. The van der Waals surface area contributed by atoms with Gasteiger partial charge in [-0.05, 0) is 31.7 Å². The van der Waals surface area contributed by atoms with Crippen molar-refractivity contribution in [3.63, 3.8) is 0 Å². The molecule has 1 aromatic rings. The van der Waals surface area contributed by atoms with Crippen LogP contribution >= 0.6 is 11.8 Å². The van der Waals surface area contributed by atoms with Crippen LogP contribution < -0.4 is 10.0 Å². The molecule has 1 fully saturated rings. The maximum Gasteiger partial charge on any atom is 0.242 e. The first-order valence-electron chi connectivity index (χ1n) is 6.55. The third kappa shape index (κ3) is 4.24. The molecule has 0 radical (unpaired) electrons. The van der Waals surface area contributed by atoms with Gasteiger partial charge in [-0.3, -0.25) is 0 Å². The van der Waals surface area contributed by atoms with Crippen LogP contribution in [0.1, 0.15) is 25.0 Å². The van der Waals surface area contributed by atoms with Gasteiger partial charge in [0.1, 0.15) is 0 Å². The monoisotopic (exact) mass is 303 g/mol. The molecule has 0 amide bonds. The number of aromatic amines is 1. The van der Waals surface area contributed by atoms with E-state index in [1.165, 1.54) is 12.8 Å². The quantitative estimate of drug-likeness (QED) is 0.740. The largest absolute Gasteiger partial charge is 0.363 e. The summed E-state index contributed by atoms with van der Waals surface area (Å²) >= 11 is 1.87. The fraction of sp³-hybridized carbons (Fsp3) is 0.667. The molecule has 2 heterocycles. The van der Waals surface area contributed by atoms with Gasteiger partial charge in [-0.1, -0.05) is 6.42 Å². The topological polar surface area (TPSA) is 74.0 Å². The second-order valence-electron chi connectivity index (χ2n) is 4.73. The van der Waals surface area contributed by atoms with Crippen molar-refractivity contribution in [3.8, 4) is 0 Å². The van der Waals surface area contributed by atoms with E-state index in [-0.39, 0.29) is 0 Å². The highest BCUT2D eigenvalue weighted by Crippen LogP contribution is 2.24. The Morgan fingerprint density at radius 2 is 2.32 bits per heavy atom. The van der Waals surface area contributed by atoms with Crippen LogP contribution in [0.3, 0.4) is 0 Å². The van der Waals surface area contributed by atoms with Gasteiger partial charge in [0.15, 0.2) is 0 Å². The Balaban J connectivity index is 1.92. The van der Waals surface area contributed by atoms with Gasteiger partial charge < -0.3 is 10.3 Å². The van der Waals surface area contributed by atoms with E-state index in [2.05, 4.69) is 15.0 Å². The molecule has 5 nitrogen and oxygen atoms in total. The Hall–Kier alpha value is -0.500. The molecule has 7 heteroatoms. The zero-order chi connectivity index (χ0) is 13.7. The summed E-state index contributed by atoms with van der Waals surface area (Å²) in [5, 5.41) is 3.40. The number of hydrogen-bond acceptors (Lipinski definition) is 4. The molecule has 1 aromatic heterocycles. The Labute approximate surface area is 119 Å². The van der Waals surface area contributed by atoms with Crippen molar-refractivity contribution in [1.82, 2.24) is 15.0 Å². The van der Waals surface area contributed by atoms with E-state index >= 15 is 0 Å². The van der Waals surface area contributed by atoms with Crippen molar-refractivity contribution < 1.29 is 8.42 Å². The third-order valence-electron chi connectivity index (χ3n) is 3.17. The fourth-order valence-electron chi connectivity index (χ4n) is 2.12. The summed E-state index contributed by atoms with van der Waals surface area (Å²) in [5.41, 5.74) is 0.870. The molecular weight excluding hydrogens is 282 g/mol. The predicted molar refractivity (Wildman–Crippen MR) is 78.8 cm³/mol. The van der Waals surface area contributed by atoms with Gasteiger partial charge in [0.05, 0.1) is 4.90 Å². The Morgan fingerprint density at radius 3 is 3.00 bits per heavy atom. The van der Waals surface area contributed by atoms with Crippen molar-refractivity contribution in [2.24, 2.45) is 0 Å². The summed E-state index contributed by atoms with van der Waals surface area (Å²) in [6, 6.07) is 1.67. The molecule has 1 saturated heterocycles. The van der Waals surface area contributed by atoms with Crippen molar-refractivity contribution in [1.29, 1.82) is 0 Å². The minimum Gasteiger partial charge on any atom is -0.363 e. The summed E-state index contributed by atoms with van der Waals surface area (Å²) in [5.74, 6) is 1.14. The van der Waals surface area contributed by atoms with Crippen LogP contribution in [-0.2, 0) is 16.6 Å². The number of thioether (sulfide) groups is 1. The van der Waals surface area contributed by atoms with E-state index in [0.29, 0.717) is 23.2 Å². The third-order valence-corrected chi connectivity index (χ3v) is 5.97. The summed E-state index contributed by atoms with van der Waals surface area (Å²) in [4.78, 5) is 3.28. The van der Waals surface area contributed by atoms with Crippen LogP contribution in [0.4, 0.5) is 0 Å². The molecule has 0 aliphatic carbocycles. The Morgan fingerprint density at radius 1 is 1.47 bits per heavy atom. The smallest absolute Gasteiger partial charge is 0.242 e. The predicted octanol–water partition coefficient (Wildman–Crippen LogP) is 1.30. The number of rotatable bonds is 6. The summed E-state index contributed by atoms with van der Waals surface area (Å²) in [6.07, 6.45) is 5.10. The highest BCUT2D eigenvalue weighted by molar-refractivity contribution is 8.00. The number of hydrogen-bond donors (Lipinski definition) is 3. The molecule has 0 saturated carbocycles. The second kappa shape index (κ2) is 6.78. The van der Waals surface area contributed by atoms with Gasteiger partial charge in [-0.2, -0.15) is 11.8 Å². The minimum absolute atomic E-state index is 0.318. The lowest BCUT2D eigenvalue weighted by Crippen LogP contribution is -2.31. The van der Waals surface area contributed by atoms with E-state index in [1.807, 2.05) is 18.8 Å². The number of H-pyrrole nitrogens is 1. The van der Waals surface area contributed by atoms with Gasteiger partial charge in [0.2, 0.25) is 10.0 Å². The van der Waals surface area contributed by atoms with Gasteiger partial charge >= 0.3 is 0 Å². The first kappa shape index (κ1) is 14.9. The van der Waals surface area contributed by atoms with Crippen molar-refractivity contribution >= 4 is 21.8 Å². The van der Waals surface area contributed by atoms with Crippen LogP contribution in [0, 0.1) is 0 Å². The molecule has 2 rings (SSSR count). The SMILES string of the molecule is CNCc1cc(S(=O)(=O)NCC2CCCCS2)c[nH]1. The average molecular weight is 303 g/mol. The molecular formula is C12H21N3O2S2. The Bertz CT molecular complexity index is 493. The van der Waals surface area contributed by atoms with E-state index in [0.717, 1.165) is 17.9 Å². The molecule has 0 spiro atoms. The highest BCUT2D eigenvalue weighted by Gasteiger charge is 2.20. The maximum atomic E-state index is 12.1.